The molecule has 1 aromatic carbocycles. The molecule has 106 valence electrons. The van der Waals surface area contributed by atoms with Gasteiger partial charge in [0.1, 0.15) is 0 Å². The SMILES string of the molecule is CCN1CCN(C(=O)Nc2ccc3nc[nH]c3c2)CC1. The van der Waals surface area contributed by atoms with Crippen molar-refractivity contribution in [3.05, 3.63) is 24.5 Å². The molecule has 0 spiro atoms. The van der Waals surface area contributed by atoms with Crippen LogP contribution in [0.5, 0.6) is 0 Å². The Kier molecular flexibility index (Phi) is 3.56. The third kappa shape index (κ3) is 2.60. The third-order valence-corrected chi connectivity index (χ3v) is 3.78. The lowest BCUT2D eigenvalue weighted by Gasteiger charge is -2.33. The van der Waals surface area contributed by atoms with Gasteiger partial charge in [-0.15, -0.1) is 0 Å². The van der Waals surface area contributed by atoms with Gasteiger partial charge < -0.3 is 20.1 Å². The Morgan fingerprint density at radius 3 is 2.90 bits per heavy atom. The van der Waals surface area contributed by atoms with Gasteiger partial charge >= 0.3 is 6.03 Å². The zero-order valence-corrected chi connectivity index (χ0v) is 11.6. The van der Waals surface area contributed by atoms with Gasteiger partial charge in [-0.1, -0.05) is 6.92 Å². The number of nitrogens with one attached hydrogen (secondary N) is 2. The molecule has 1 aromatic heterocycles. The number of carbonyl (C=O) groups is 1. The summed E-state index contributed by atoms with van der Waals surface area (Å²) in [6, 6.07) is 5.65. The van der Waals surface area contributed by atoms with Crippen molar-refractivity contribution < 1.29 is 4.79 Å². The summed E-state index contributed by atoms with van der Waals surface area (Å²) in [6.07, 6.45) is 1.65. The number of rotatable bonds is 2. The number of fused-ring (bicyclic) bond motifs is 1. The summed E-state index contributed by atoms with van der Waals surface area (Å²) in [5, 5.41) is 2.95. The van der Waals surface area contributed by atoms with Crippen molar-refractivity contribution in [3.8, 4) is 0 Å². The summed E-state index contributed by atoms with van der Waals surface area (Å²) in [4.78, 5) is 23.6. The quantitative estimate of drug-likeness (QED) is 0.876. The molecule has 1 fully saturated rings. The Bertz CT molecular complexity index is 600. The number of H-pyrrole nitrogens is 1. The number of nitrogens with zero attached hydrogens (tertiary/aromatic N) is 3. The van der Waals surface area contributed by atoms with E-state index >= 15 is 0 Å². The number of hydrogen-bond acceptors (Lipinski definition) is 3. The Balaban J connectivity index is 1.63. The van der Waals surface area contributed by atoms with E-state index < -0.39 is 0 Å². The standard InChI is InChI=1S/C14H19N5O/c1-2-18-5-7-19(8-6-18)14(20)17-11-3-4-12-13(9-11)16-10-15-12/h3-4,9-10H,2,5-8H2,1H3,(H,15,16)(H,17,20). The minimum Gasteiger partial charge on any atom is -0.345 e. The highest BCUT2D eigenvalue weighted by molar-refractivity contribution is 5.91. The zero-order valence-electron chi connectivity index (χ0n) is 11.6. The normalized spacial score (nSPS) is 16.6. The Labute approximate surface area is 117 Å². The molecule has 0 aliphatic carbocycles. The minimum absolute atomic E-state index is 0.0281. The molecule has 2 aromatic rings. The van der Waals surface area contributed by atoms with Gasteiger partial charge in [-0.3, -0.25) is 0 Å². The van der Waals surface area contributed by atoms with Crippen LogP contribution in [0.2, 0.25) is 0 Å². The van der Waals surface area contributed by atoms with Gasteiger partial charge in [0.05, 0.1) is 17.4 Å². The first kappa shape index (κ1) is 12.9. The monoisotopic (exact) mass is 273 g/mol. The van der Waals surface area contributed by atoms with Crippen LogP contribution in [0.25, 0.3) is 11.0 Å². The van der Waals surface area contributed by atoms with E-state index in [1.807, 2.05) is 23.1 Å². The van der Waals surface area contributed by atoms with Gasteiger partial charge in [-0.25, -0.2) is 9.78 Å². The van der Waals surface area contributed by atoms with Gasteiger partial charge in [0.25, 0.3) is 0 Å². The van der Waals surface area contributed by atoms with Crippen LogP contribution >= 0.6 is 0 Å². The van der Waals surface area contributed by atoms with E-state index in [1.54, 1.807) is 6.33 Å². The van der Waals surface area contributed by atoms with Gasteiger partial charge in [-0.2, -0.15) is 0 Å². The number of amides is 2. The molecule has 0 saturated carbocycles. The largest absolute Gasteiger partial charge is 0.345 e. The van der Waals surface area contributed by atoms with Crippen LogP contribution < -0.4 is 5.32 Å². The molecule has 1 aliphatic heterocycles. The van der Waals surface area contributed by atoms with Gasteiger partial charge in [0.15, 0.2) is 0 Å². The van der Waals surface area contributed by atoms with Crippen molar-refractivity contribution in [1.29, 1.82) is 0 Å². The van der Waals surface area contributed by atoms with E-state index in [4.69, 9.17) is 0 Å². The number of likely N-dealkylation sites (N-methyl/N-ethyl adjacent to an activating group) is 1. The molecule has 1 aliphatic rings. The molecule has 0 unspecified atom stereocenters. The molecule has 2 heterocycles. The second kappa shape index (κ2) is 5.50. The predicted molar refractivity (Wildman–Crippen MR) is 78.8 cm³/mol. The van der Waals surface area contributed by atoms with Crippen molar-refractivity contribution in [2.45, 2.75) is 6.92 Å². The maximum absolute atomic E-state index is 12.2. The van der Waals surface area contributed by atoms with E-state index in [1.165, 1.54) is 0 Å². The molecular weight excluding hydrogens is 254 g/mol. The number of hydrogen-bond donors (Lipinski definition) is 2. The Morgan fingerprint density at radius 2 is 2.15 bits per heavy atom. The van der Waals surface area contributed by atoms with Crippen LogP contribution in [0.3, 0.4) is 0 Å². The molecule has 3 rings (SSSR count). The molecule has 1 saturated heterocycles. The second-order valence-corrected chi connectivity index (χ2v) is 4.99. The van der Waals surface area contributed by atoms with Crippen LogP contribution in [-0.2, 0) is 0 Å². The molecule has 2 amide bonds. The van der Waals surface area contributed by atoms with Crippen molar-refractivity contribution >= 4 is 22.8 Å². The van der Waals surface area contributed by atoms with Crippen LogP contribution in [0.15, 0.2) is 24.5 Å². The molecule has 6 heteroatoms. The van der Waals surface area contributed by atoms with Crippen LogP contribution in [0.4, 0.5) is 10.5 Å². The van der Waals surface area contributed by atoms with Gasteiger partial charge in [0.2, 0.25) is 0 Å². The topological polar surface area (TPSA) is 64.3 Å². The molecule has 2 N–H and O–H groups in total. The summed E-state index contributed by atoms with van der Waals surface area (Å²) in [7, 11) is 0. The molecule has 20 heavy (non-hydrogen) atoms. The molecule has 0 radical (unpaired) electrons. The van der Waals surface area contributed by atoms with E-state index in [0.29, 0.717) is 0 Å². The number of anilines is 1. The van der Waals surface area contributed by atoms with Crippen molar-refractivity contribution in [1.82, 2.24) is 19.8 Å². The summed E-state index contributed by atoms with van der Waals surface area (Å²) >= 11 is 0. The predicted octanol–water partition coefficient (Wildman–Crippen LogP) is 1.73. The summed E-state index contributed by atoms with van der Waals surface area (Å²) < 4.78 is 0. The highest BCUT2D eigenvalue weighted by Crippen LogP contribution is 2.16. The van der Waals surface area contributed by atoms with Crippen molar-refractivity contribution in [2.75, 3.05) is 38.0 Å². The van der Waals surface area contributed by atoms with E-state index in [2.05, 4.69) is 27.1 Å². The first-order valence-corrected chi connectivity index (χ1v) is 6.97. The lowest BCUT2D eigenvalue weighted by molar-refractivity contribution is 0.151. The fourth-order valence-corrected chi connectivity index (χ4v) is 2.48. The fourth-order valence-electron chi connectivity index (χ4n) is 2.48. The first-order valence-electron chi connectivity index (χ1n) is 6.97. The smallest absolute Gasteiger partial charge is 0.321 e. The highest BCUT2D eigenvalue weighted by atomic mass is 16.2. The number of aromatic nitrogens is 2. The first-order chi connectivity index (χ1) is 9.76. The highest BCUT2D eigenvalue weighted by Gasteiger charge is 2.20. The number of carbonyl (C=O) groups excluding carboxylic acids is 1. The van der Waals surface area contributed by atoms with Crippen LogP contribution in [-0.4, -0.2) is 58.5 Å². The average molecular weight is 273 g/mol. The van der Waals surface area contributed by atoms with Crippen LogP contribution in [0, 0.1) is 0 Å². The summed E-state index contributed by atoms with van der Waals surface area (Å²) in [5.41, 5.74) is 2.63. The van der Waals surface area contributed by atoms with Crippen LogP contribution in [0.1, 0.15) is 6.92 Å². The van der Waals surface area contributed by atoms with Crippen molar-refractivity contribution in [3.63, 3.8) is 0 Å². The number of imidazole rings is 1. The number of urea groups is 1. The molecule has 6 nitrogen and oxygen atoms in total. The fraction of sp³-hybridized carbons (Fsp3) is 0.429. The molecule has 0 bridgehead atoms. The number of piperazine rings is 1. The molecular formula is C14H19N5O. The van der Waals surface area contributed by atoms with Gasteiger partial charge in [-0.05, 0) is 24.7 Å². The maximum atomic E-state index is 12.2. The average Bonchev–Trinajstić information content (AvgIpc) is 2.95. The molecule has 0 atom stereocenters. The second-order valence-electron chi connectivity index (χ2n) is 4.99. The Hall–Kier alpha value is -2.08. The zero-order chi connectivity index (χ0) is 13.9. The summed E-state index contributed by atoms with van der Waals surface area (Å²) in [6.45, 7) is 6.66. The van der Waals surface area contributed by atoms with E-state index in [-0.39, 0.29) is 6.03 Å². The third-order valence-electron chi connectivity index (χ3n) is 3.78. The minimum atomic E-state index is -0.0281. The lowest BCUT2D eigenvalue weighted by atomic mass is 10.2. The van der Waals surface area contributed by atoms with E-state index in [9.17, 15) is 4.79 Å². The number of aromatic amines is 1. The van der Waals surface area contributed by atoms with Gasteiger partial charge in [0, 0.05) is 31.9 Å². The Morgan fingerprint density at radius 1 is 1.35 bits per heavy atom. The maximum Gasteiger partial charge on any atom is 0.321 e. The lowest BCUT2D eigenvalue weighted by Crippen LogP contribution is -2.49. The van der Waals surface area contributed by atoms with E-state index in [0.717, 1.165) is 49.4 Å². The van der Waals surface area contributed by atoms with Crippen molar-refractivity contribution in [2.24, 2.45) is 0 Å². The summed E-state index contributed by atoms with van der Waals surface area (Å²) in [5.74, 6) is 0. The number of benzene rings is 1.